The van der Waals surface area contributed by atoms with Gasteiger partial charge in [0, 0.05) is 29.4 Å². The number of aryl methyl sites for hydroxylation is 1. The molecule has 0 fully saturated rings. The summed E-state index contributed by atoms with van der Waals surface area (Å²) in [6.45, 7) is 7.00. The maximum Gasteiger partial charge on any atom is 0.412 e. The fourth-order valence-electron chi connectivity index (χ4n) is 3.04. The van der Waals surface area contributed by atoms with Crippen LogP contribution in [0.5, 0.6) is 5.75 Å². The SMILES string of the molecule is COc1c(C)cnc(COC(=O)Nc2ccc(F)c(CC(OC(C)C)C(=O)O)c2)c1C. The van der Waals surface area contributed by atoms with Crippen molar-refractivity contribution in [3.63, 3.8) is 0 Å². The first-order valence-electron chi connectivity index (χ1n) is 9.71. The van der Waals surface area contributed by atoms with Gasteiger partial charge in [-0.05, 0) is 51.5 Å². The number of methoxy groups -OCH3 is 1. The van der Waals surface area contributed by atoms with E-state index < -0.39 is 24.0 Å². The lowest BCUT2D eigenvalue weighted by molar-refractivity contribution is -0.153. The molecule has 31 heavy (non-hydrogen) atoms. The van der Waals surface area contributed by atoms with E-state index in [0.717, 1.165) is 17.2 Å². The normalized spacial score (nSPS) is 11.8. The zero-order chi connectivity index (χ0) is 23.1. The number of benzene rings is 1. The van der Waals surface area contributed by atoms with Crippen LogP contribution in [0.15, 0.2) is 24.4 Å². The molecule has 168 valence electrons. The van der Waals surface area contributed by atoms with Crippen molar-refractivity contribution in [1.82, 2.24) is 4.98 Å². The molecule has 1 atom stereocenters. The van der Waals surface area contributed by atoms with E-state index in [-0.39, 0.29) is 30.4 Å². The van der Waals surface area contributed by atoms with Gasteiger partial charge in [0.2, 0.25) is 0 Å². The van der Waals surface area contributed by atoms with Crippen molar-refractivity contribution in [3.05, 3.63) is 52.6 Å². The van der Waals surface area contributed by atoms with Gasteiger partial charge in [-0.1, -0.05) is 0 Å². The number of nitrogens with one attached hydrogen (secondary N) is 1. The maximum atomic E-state index is 14.2. The van der Waals surface area contributed by atoms with Gasteiger partial charge in [-0.25, -0.2) is 14.0 Å². The Morgan fingerprint density at radius 3 is 2.58 bits per heavy atom. The largest absolute Gasteiger partial charge is 0.496 e. The van der Waals surface area contributed by atoms with Gasteiger partial charge in [0.25, 0.3) is 0 Å². The molecule has 0 saturated carbocycles. The van der Waals surface area contributed by atoms with Crippen LogP contribution in [0.25, 0.3) is 0 Å². The van der Waals surface area contributed by atoms with E-state index >= 15 is 0 Å². The number of carbonyl (C=O) groups excluding carboxylic acids is 1. The highest BCUT2D eigenvalue weighted by Gasteiger charge is 2.22. The summed E-state index contributed by atoms with van der Waals surface area (Å²) >= 11 is 0. The number of ether oxygens (including phenoxy) is 3. The summed E-state index contributed by atoms with van der Waals surface area (Å²) in [5, 5.41) is 11.8. The van der Waals surface area contributed by atoms with Gasteiger partial charge in [-0.15, -0.1) is 0 Å². The van der Waals surface area contributed by atoms with Crippen LogP contribution in [-0.2, 0) is 27.3 Å². The molecule has 1 aromatic heterocycles. The summed E-state index contributed by atoms with van der Waals surface area (Å²) < 4.78 is 30.0. The number of aromatic nitrogens is 1. The molecule has 0 radical (unpaired) electrons. The van der Waals surface area contributed by atoms with Gasteiger partial charge in [-0.2, -0.15) is 0 Å². The van der Waals surface area contributed by atoms with E-state index in [1.165, 1.54) is 12.1 Å². The molecule has 0 spiro atoms. The van der Waals surface area contributed by atoms with E-state index in [2.05, 4.69) is 10.3 Å². The molecule has 2 rings (SSSR count). The van der Waals surface area contributed by atoms with Gasteiger partial charge in [0.05, 0.1) is 18.9 Å². The third-order valence-electron chi connectivity index (χ3n) is 4.50. The van der Waals surface area contributed by atoms with E-state index in [1.807, 2.05) is 13.8 Å². The number of rotatable bonds is 9. The molecule has 0 aliphatic rings. The number of carbonyl (C=O) groups is 2. The van der Waals surface area contributed by atoms with Gasteiger partial charge in [0.1, 0.15) is 18.2 Å². The highest BCUT2D eigenvalue weighted by molar-refractivity contribution is 5.84. The Labute approximate surface area is 180 Å². The Balaban J connectivity index is 2.05. The van der Waals surface area contributed by atoms with Crippen molar-refractivity contribution in [1.29, 1.82) is 0 Å². The average Bonchev–Trinajstić information content (AvgIpc) is 2.69. The summed E-state index contributed by atoms with van der Waals surface area (Å²) in [5.74, 6) is -1.11. The Morgan fingerprint density at radius 2 is 1.97 bits per heavy atom. The third-order valence-corrected chi connectivity index (χ3v) is 4.50. The molecule has 0 bridgehead atoms. The number of nitrogens with zero attached hydrogens (tertiary/aromatic N) is 1. The van der Waals surface area contributed by atoms with Crippen molar-refractivity contribution in [2.75, 3.05) is 12.4 Å². The first kappa shape index (κ1) is 24.1. The first-order chi connectivity index (χ1) is 14.6. The van der Waals surface area contributed by atoms with E-state index in [0.29, 0.717) is 11.4 Å². The first-order valence-corrected chi connectivity index (χ1v) is 9.71. The van der Waals surface area contributed by atoms with Crippen molar-refractivity contribution < 1.29 is 33.3 Å². The second-order valence-electron chi connectivity index (χ2n) is 7.27. The van der Waals surface area contributed by atoms with Crippen molar-refractivity contribution >= 4 is 17.7 Å². The zero-order valence-electron chi connectivity index (χ0n) is 18.2. The maximum absolute atomic E-state index is 14.2. The molecule has 1 aromatic carbocycles. The minimum atomic E-state index is -1.21. The van der Waals surface area contributed by atoms with Crippen molar-refractivity contribution in [2.24, 2.45) is 0 Å². The standard InChI is InChI=1S/C22H27FN2O6/c1-12(2)31-19(21(26)27)9-15-8-16(6-7-17(15)23)25-22(28)30-11-18-14(4)20(29-5)13(3)10-24-18/h6-8,10,12,19H,9,11H2,1-5H3,(H,25,28)(H,26,27). The van der Waals surface area contributed by atoms with Crippen LogP contribution in [0.4, 0.5) is 14.9 Å². The van der Waals surface area contributed by atoms with Gasteiger partial charge >= 0.3 is 12.1 Å². The lowest BCUT2D eigenvalue weighted by atomic mass is 10.1. The topological polar surface area (TPSA) is 107 Å². The lowest BCUT2D eigenvalue weighted by Gasteiger charge is -2.17. The number of aliphatic carboxylic acids is 1. The Hall–Kier alpha value is -3.20. The quantitative estimate of drug-likeness (QED) is 0.614. The van der Waals surface area contributed by atoms with Crippen LogP contribution >= 0.6 is 0 Å². The molecular formula is C22H27FN2O6. The number of carboxylic acid groups (broad SMARTS) is 1. The van der Waals surface area contributed by atoms with Crippen LogP contribution in [0.3, 0.4) is 0 Å². The minimum absolute atomic E-state index is 0.0777. The molecule has 0 aliphatic heterocycles. The molecular weight excluding hydrogens is 407 g/mol. The molecule has 2 aromatic rings. The Morgan fingerprint density at radius 1 is 1.26 bits per heavy atom. The fourth-order valence-corrected chi connectivity index (χ4v) is 3.04. The summed E-state index contributed by atoms with van der Waals surface area (Å²) in [7, 11) is 1.56. The van der Waals surface area contributed by atoms with E-state index in [4.69, 9.17) is 14.2 Å². The molecule has 9 heteroatoms. The van der Waals surface area contributed by atoms with Crippen LogP contribution in [0, 0.1) is 19.7 Å². The summed E-state index contributed by atoms with van der Waals surface area (Å²) in [6.07, 6.45) is -0.852. The third kappa shape index (κ3) is 6.65. The van der Waals surface area contributed by atoms with Crippen molar-refractivity contribution in [2.45, 2.75) is 52.9 Å². The summed E-state index contributed by atoms with van der Waals surface area (Å²) in [4.78, 5) is 27.8. The number of carboxylic acids is 1. The molecule has 1 unspecified atom stereocenters. The highest BCUT2D eigenvalue weighted by Crippen LogP contribution is 2.24. The molecule has 8 nitrogen and oxygen atoms in total. The smallest absolute Gasteiger partial charge is 0.412 e. The number of anilines is 1. The second-order valence-corrected chi connectivity index (χ2v) is 7.27. The van der Waals surface area contributed by atoms with Gasteiger partial charge in [0.15, 0.2) is 6.10 Å². The monoisotopic (exact) mass is 434 g/mol. The van der Waals surface area contributed by atoms with Gasteiger partial charge in [-0.3, -0.25) is 10.3 Å². The lowest BCUT2D eigenvalue weighted by Crippen LogP contribution is -2.29. The van der Waals surface area contributed by atoms with Crippen LogP contribution in [0.1, 0.15) is 36.2 Å². The van der Waals surface area contributed by atoms with Crippen LogP contribution in [0.2, 0.25) is 0 Å². The zero-order valence-corrected chi connectivity index (χ0v) is 18.2. The Bertz CT molecular complexity index is 948. The summed E-state index contributed by atoms with van der Waals surface area (Å²) in [5.41, 5.74) is 2.55. The Kier molecular flexibility index (Phi) is 8.32. The molecule has 2 N–H and O–H groups in total. The number of pyridine rings is 1. The average molecular weight is 434 g/mol. The van der Waals surface area contributed by atoms with Crippen molar-refractivity contribution in [3.8, 4) is 5.75 Å². The number of halogens is 1. The molecule has 0 saturated heterocycles. The fraction of sp³-hybridized carbons (Fsp3) is 0.409. The van der Waals surface area contributed by atoms with E-state index in [1.54, 1.807) is 27.2 Å². The number of amides is 1. The second kappa shape index (κ2) is 10.7. The molecule has 1 amide bonds. The van der Waals surface area contributed by atoms with Gasteiger partial charge < -0.3 is 19.3 Å². The highest BCUT2D eigenvalue weighted by atomic mass is 19.1. The molecule has 0 aliphatic carbocycles. The summed E-state index contributed by atoms with van der Waals surface area (Å²) in [6, 6.07) is 3.86. The predicted octanol–water partition coefficient (Wildman–Crippen LogP) is 4.02. The number of hydrogen-bond donors (Lipinski definition) is 2. The predicted molar refractivity (Wildman–Crippen MR) is 112 cm³/mol. The number of hydrogen-bond acceptors (Lipinski definition) is 6. The van der Waals surface area contributed by atoms with E-state index in [9.17, 15) is 19.1 Å². The molecule has 1 heterocycles. The van der Waals surface area contributed by atoms with Crippen LogP contribution in [-0.4, -0.2) is 41.5 Å². The minimum Gasteiger partial charge on any atom is -0.496 e. The van der Waals surface area contributed by atoms with Crippen LogP contribution < -0.4 is 10.1 Å².